The van der Waals surface area contributed by atoms with E-state index in [-0.39, 0.29) is 0 Å². The molecule has 0 amide bonds. The van der Waals surface area contributed by atoms with Gasteiger partial charge in [-0.3, -0.25) is 0 Å². The van der Waals surface area contributed by atoms with Crippen molar-refractivity contribution in [3.8, 4) is 0 Å². The molecule has 0 aromatic heterocycles. The molecule has 1 aromatic rings. The Morgan fingerprint density at radius 3 is 2.81 bits per heavy atom. The molecular formula is C12H14O4. The van der Waals surface area contributed by atoms with Gasteiger partial charge in [-0.05, 0) is 25.0 Å². The molecule has 0 aliphatic carbocycles. The molecule has 0 bridgehead atoms. The van der Waals surface area contributed by atoms with Gasteiger partial charge < -0.3 is 14.6 Å². The van der Waals surface area contributed by atoms with Crippen LogP contribution in [0.5, 0.6) is 0 Å². The first-order valence-electron chi connectivity index (χ1n) is 5.33. The fraction of sp³-hybridized carbons (Fsp3) is 0.417. The lowest BCUT2D eigenvalue weighted by Crippen LogP contribution is -2.37. The van der Waals surface area contributed by atoms with Gasteiger partial charge in [0.05, 0.1) is 12.2 Å². The second-order valence-electron chi connectivity index (χ2n) is 3.71. The lowest BCUT2D eigenvalue weighted by Gasteiger charge is -2.27. The van der Waals surface area contributed by atoms with Crippen molar-refractivity contribution in [2.24, 2.45) is 0 Å². The molecule has 4 nitrogen and oxygen atoms in total. The molecule has 1 aromatic carbocycles. The summed E-state index contributed by atoms with van der Waals surface area (Å²) < 4.78 is 10.2. The first-order chi connectivity index (χ1) is 7.77. The Morgan fingerprint density at radius 1 is 1.38 bits per heavy atom. The summed E-state index contributed by atoms with van der Waals surface area (Å²) >= 11 is 0. The third-order valence-corrected chi connectivity index (χ3v) is 2.51. The third-order valence-electron chi connectivity index (χ3n) is 2.51. The lowest BCUT2D eigenvalue weighted by molar-refractivity contribution is -0.186. The van der Waals surface area contributed by atoms with Crippen molar-refractivity contribution in [2.45, 2.75) is 25.2 Å². The van der Waals surface area contributed by atoms with E-state index in [0.29, 0.717) is 18.6 Å². The average Bonchev–Trinajstić information content (AvgIpc) is 2.33. The van der Waals surface area contributed by atoms with E-state index in [0.717, 1.165) is 6.42 Å². The minimum atomic E-state index is -0.999. The van der Waals surface area contributed by atoms with E-state index >= 15 is 0 Å². The van der Waals surface area contributed by atoms with Crippen molar-refractivity contribution in [3.05, 3.63) is 35.9 Å². The summed E-state index contributed by atoms with van der Waals surface area (Å²) in [6.07, 6.45) is -0.119. The molecule has 1 aliphatic rings. The Labute approximate surface area is 93.8 Å². The van der Waals surface area contributed by atoms with Crippen LogP contribution in [-0.2, 0) is 9.47 Å². The van der Waals surface area contributed by atoms with Gasteiger partial charge in [0, 0.05) is 0 Å². The largest absolute Gasteiger partial charge is 0.453 e. The minimum absolute atomic E-state index is 0.421. The number of hydrogen-bond donors (Lipinski definition) is 1. The Kier molecular flexibility index (Phi) is 3.54. The molecule has 2 atom stereocenters. The summed E-state index contributed by atoms with van der Waals surface area (Å²) in [4.78, 5) is 11.7. The molecule has 0 spiro atoms. The van der Waals surface area contributed by atoms with E-state index in [2.05, 4.69) is 0 Å². The zero-order valence-corrected chi connectivity index (χ0v) is 8.83. The molecule has 1 N–H and O–H groups in total. The van der Waals surface area contributed by atoms with Crippen molar-refractivity contribution >= 4 is 5.97 Å². The van der Waals surface area contributed by atoms with Crippen LogP contribution >= 0.6 is 0 Å². The van der Waals surface area contributed by atoms with Gasteiger partial charge in [0.15, 0.2) is 12.4 Å². The first-order valence-corrected chi connectivity index (χ1v) is 5.33. The maximum absolute atomic E-state index is 11.7. The highest BCUT2D eigenvalue weighted by Crippen LogP contribution is 2.17. The third kappa shape index (κ3) is 2.59. The Balaban J connectivity index is 1.96. The van der Waals surface area contributed by atoms with Crippen LogP contribution in [-0.4, -0.2) is 30.1 Å². The molecule has 4 heteroatoms. The van der Waals surface area contributed by atoms with Crippen LogP contribution < -0.4 is 0 Å². The van der Waals surface area contributed by atoms with Crippen molar-refractivity contribution < 1.29 is 19.4 Å². The predicted molar refractivity (Wildman–Crippen MR) is 56.8 cm³/mol. The quantitative estimate of drug-likeness (QED) is 0.767. The number of carbonyl (C=O) groups excluding carboxylic acids is 1. The summed E-state index contributed by atoms with van der Waals surface area (Å²) in [6, 6.07) is 8.72. The number of hydrogen-bond acceptors (Lipinski definition) is 4. The van der Waals surface area contributed by atoms with Crippen LogP contribution in [0.25, 0.3) is 0 Å². The molecule has 1 heterocycles. The van der Waals surface area contributed by atoms with Gasteiger partial charge in [-0.1, -0.05) is 18.2 Å². The standard InChI is InChI=1S/C12H14O4/c13-11(9-5-2-1-3-6-9)16-10-7-4-8-15-12(10)14/h1-3,5-6,10,12,14H,4,7-8H2/t10-,12+/m0/s1. The normalized spacial score (nSPS) is 25.1. The number of aliphatic hydroxyl groups is 1. The van der Waals surface area contributed by atoms with Gasteiger partial charge in [0.1, 0.15) is 0 Å². The van der Waals surface area contributed by atoms with Gasteiger partial charge >= 0.3 is 5.97 Å². The van der Waals surface area contributed by atoms with E-state index < -0.39 is 18.4 Å². The minimum Gasteiger partial charge on any atom is -0.453 e. The van der Waals surface area contributed by atoms with E-state index in [4.69, 9.17) is 9.47 Å². The molecule has 16 heavy (non-hydrogen) atoms. The van der Waals surface area contributed by atoms with Crippen LogP contribution in [0, 0.1) is 0 Å². The monoisotopic (exact) mass is 222 g/mol. The number of esters is 1. The molecule has 1 fully saturated rings. The van der Waals surface area contributed by atoms with Crippen LogP contribution in [0.4, 0.5) is 0 Å². The van der Waals surface area contributed by atoms with Crippen molar-refractivity contribution in [3.63, 3.8) is 0 Å². The van der Waals surface area contributed by atoms with Crippen molar-refractivity contribution in [1.82, 2.24) is 0 Å². The molecule has 1 saturated heterocycles. The number of benzene rings is 1. The zero-order chi connectivity index (χ0) is 11.4. The van der Waals surface area contributed by atoms with Gasteiger partial charge in [0.2, 0.25) is 0 Å². The SMILES string of the molecule is O=C(O[C@H]1CCCO[C@H]1O)c1ccccc1. The summed E-state index contributed by atoms with van der Waals surface area (Å²) in [5.41, 5.74) is 0.486. The highest BCUT2D eigenvalue weighted by Gasteiger charge is 2.27. The van der Waals surface area contributed by atoms with Gasteiger partial charge in [-0.25, -0.2) is 4.79 Å². The average molecular weight is 222 g/mol. The van der Waals surface area contributed by atoms with E-state index in [1.165, 1.54) is 0 Å². The van der Waals surface area contributed by atoms with Crippen LogP contribution in [0.2, 0.25) is 0 Å². The number of carbonyl (C=O) groups is 1. The molecule has 0 unspecified atom stereocenters. The number of rotatable bonds is 2. The van der Waals surface area contributed by atoms with E-state index in [9.17, 15) is 9.90 Å². The predicted octanol–water partition coefficient (Wildman–Crippen LogP) is 1.34. The number of ether oxygens (including phenoxy) is 2. The number of aliphatic hydroxyl groups excluding tert-OH is 1. The van der Waals surface area contributed by atoms with Gasteiger partial charge in [-0.15, -0.1) is 0 Å². The topological polar surface area (TPSA) is 55.8 Å². The fourth-order valence-electron chi connectivity index (χ4n) is 1.64. The van der Waals surface area contributed by atoms with Gasteiger partial charge in [-0.2, -0.15) is 0 Å². The maximum Gasteiger partial charge on any atom is 0.338 e. The highest BCUT2D eigenvalue weighted by molar-refractivity contribution is 5.89. The van der Waals surface area contributed by atoms with Crippen LogP contribution in [0.1, 0.15) is 23.2 Å². The second-order valence-corrected chi connectivity index (χ2v) is 3.71. The van der Waals surface area contributed by atoms with E-state index in [1.54, 1.807) is 24.3 Å². The fourth-order valence-corrected chi connectivity index (χ4v) is 1.64. The molecule has 1 aliphatic heterocycles. The highest BCUT2D eigenvalue weighted by atomic mass is 16.6. The molecule has 0 radical (unpaired) electrons. The zero-order valence-electron chi connectivity index (χ0n) is 8.83. The summed E-state index contributed by atoms with van der Waals surface area (Å²) in [5, 5.41) is 9.47. The molecule has 0 saturated carbocycles. The Hall–Kier alpha value is -1.39. The maximum atomic E-state index is 11.7. The molecular weight excluding hydrogens is 208 g/mol. The summed E-state index contributed by atoms with van der Waals surface area (Å²) in [7, 11) is 0. The van der Waals surface area contributed by atoms with Crippen molar-refractivity contribution in [2.75, 3.05) is 6.61 Å². The molecule has 86 valence electrons. The van der Waals surface area contributed by atoms with Crippen molar-refractivity contribution in [1.29, 1.82) is 0 Å². The first kappa shape index (κ1) is 11.1. The van der Waals surface area contributed by atoms with Crippen LogP contribution in [0.3, 0.4) is 0 Å². The second kappa shape index (κ2) is 5.09. The molecule has 2 rings (SSSR count). The van der Waals surface area contributed by atoms with Crippen LogP contribution in [0.15, 0.2) is 30.3 Å². The van der Waals surface area contributed by atoms with E-state index in [1.807, 2.05) is 6.07 Å². The Bertz CT molecular complexity index is 349. The smallest absolute Gasteiger partial charge is 0.338 e. The lowest BCUT2D eigenvalue weighted by atomic mass is 10.1. The summed E-state index contributed by atoms with van der Waals surface area (Å²) in [5.74, 6) is -0.421. The van der Waals surface area contributed by atoms with Gasteiger partial charge in [0.25, 0.3) is 0 Å². The summed E-state index contributed by atoms with van der Waals surface area (Å²) in [6.45, 7) is 0.514. The Morgan fingerprint density at radius 2 is 2.12 bits per heavy atom.